The van der Waals surface area contributed by atoms with Crippen LogP contribution in [-0.2, 0) is 33.3 Å². The maximum atomic E-state index is 12.7. The predicted octanol–water partition coefficient (Wildman–Crippen LogP) is 2.72. The van der Waals surface area contributed by atoms with Crippen molar-refractivity contribution in [1.29, 1.82) is 0 Å². The highest BCUT2D eigenvalue weighted by Gasteiger charge is 2.52. The van der Waals surface area contributed by atoms with Crippen molar-refractivity contribution in [2.24, 2.45) is 22.9 Å². The van der Waals surface area contributed by atoms with E-state index >= 15 is 0 Å². The molecular weight excluding hydrogens is 891 g/mol. The molecule has 2 saturated heterocycles. The summed E-state index contributed by atoms with van der Waals surface area (Å²) in [5.41, 5.74) is 9.10. The second kappa shape index (κ2) is 29.2. The number of methoxy groups -OCH3 is 1. The Bertz CT molecular complexity index is 1820. The molecule has 0 aromatic heterocycles. The molecule has 0 aromatic rings. The average Bonchev–Trinajstić information content (AvgIpc) is 3.27. The van der Waals surface area contributed by atoms with Gasteiger partial charge in [-0.1, -0.05) is 104 Å². The minimum Gasteiger partial charge on any atom is -0.481 e. The molecule has 0 aromatic carbocycles. The predicted molar refractivity (Wildman–Crippen MR) is 247 cm³/mol. The van der Waals surface area contributed by atoms with Crippen molar-refractivity contribution in [2.45, 2.75) is 177 Å². The van der Waals surface area contributed by atoms with E-state index in [0.29, 0.717) is 0 Å². The lowest BCUT2D eigenvalue weighted by molar-refractivity contribution is -0.317. The van der Waals surface area contributed by atoms with Gasteiger partial charge in [0.1, 0.15) is 18.1 Å². The van der Waals surface area contributed by atoms with Crippen LogP contribution in [0.1, 0.15) is 79.1 Å². The molecule has 3 aliphatic heterocycles. The molecule has 2 bridgehead atoms. The van der Waals surface area contributed by atoms with Gasteiger partial charge in [0.2, 0.25) is 0 Å². The van der Waals surface area contributed by atoms with Gasteiger partial charge >= 0.3 is 11.9 Å². The molecule has 382 valence electrons. The first-order chi connectivity index (χ1) is 32.2. The van der Waals surface area contributed by atoms with Crippen LogP contribution in [0.5, 0.6) is 0 Å². The van der Waals surface area contributed by atoms with E-state index in [4.69, 9.17) is 29.2 Å². The standard InChI is InChI=1S/C48H73N3O17/c1-28-18-16-14-12-10-8-6-7-9-11-13-15-17-19-35(67-47-45(61)42(50-51-49)44(60)31(4)66-47)25-39-41(46(62)63)38(57)27-48(64-5,68-39)26-34(54)23-37(56)36(55)21-20-32(52)22-33(53)24-40(58)65-30(3)29(2)43(28)59/h6-19,28-39,41-45,47,52-57,59-61H,20-27H2,1-5H3,(H,62,63)/b7-6+,10-8+,11-9+,14-12+,15-13+,18-16+,19-17+/t28-,29-,30-,31+,32+,33?,34?,35-,36?,37?,38-,39-,41?,42-,43?,44?,45?,47?,48+/m0/s1. The highest BCUT2D eigenvalue weighted by atomic mass is 16.7. The first-order valence-electron chi connectivity index (χ1n) is 23.0. The molecule has 3 heterocycles. The number of aliphatic carboxylic acids is 1. The van der Waals surface area contributed by atoms with Gasteiger partial charge in [0.05, 0.1) is 79.6 Å². The first kappa shape index (κ1) is 58.2. The number of ether oxygens (including phenoxy) is 5. The monoisotopic (exact) mass is 963 g/mol. The van der Waals surface area contributed by atoms with Gasteiger partial charge in [-0.15, -0.1) is 0 Å². The van der Waals surface area contributed by atoms with Crippen molar-refractivity contribution < 1.29 is 84.3 Å². The number of fused-ring (bicyclic) bond motifs is 2. The Morgan fingerprint density at radius 1 is 0.706 bits per heavy atom. The zero-order chi connectivity index (χ0) is 50.6. The number of allylic oxidation sites excluding steroid dienone is 12. The SMILES string of the molecule is CO[C@]12CC(O)CC(O)C(O)CC[C@@H](O)CC(O)CC(=O)O[C@@H](C)[C@H](C)C(O)[C@@H](C)/C=C/C=C/C=C/C=C/C=C/C=C/C=C/[C@H](OC3O[C@H](C)C(O)[C@H](N=[N+]=[N-])C3O)C[C@H](O1)C(C(=O)O)[C@@H](O)C2. The summed E-state index contributed by atoms with van der Waals surface area (Å²) in [5.74, 6) is -6.26. The van der Waals surface area contributed by atoms with Crippen molar-refractivity contribution in [3.8, 4) is 0 Å². The second-order valence-electron chi connectivity index (χ2n) is 17.9. The molecule has 9 unspecified atom stereocenters. The Morgan fingerprint density at radius 3 is 1.87 bits per heavy atom. The largest absolute Gasteiger partial charge is 0.481 e. The van der Waals surface area contributed by atoms with Crippen LogP contribution in [0.2, 0.25) is 0 Å². The summed E-state index contributed by atoms with van der Waals surface area (Å²) < 4.78 is 29.3. The molecule has 68 heavy (non-hydrogen) atoms. The van der Waals surface area contributed by atoms with E-state index in [2.05, 4.69) is 10.0 Å². The summed E-state index contributed by atoms with van der Waals surface area (Å²) >= 11 is 0. The van der Waals surface area contributed by atoms with Gasteiger partial charge in [-0.3, -0.25) is 9.59 Å². The molecule has 0 radical (unpaired) electrons. The number of rotatable bonds is 5. The Kier molecular flexibility index (Phi) is 25.0. The Hall–Kier alpha value is -4.09. The molecular formula is C48H73N3O17. The molecule has 20 nitrogen and oxygen atoms in total. The third-order valence-electron chi connectivity index (χ3n) is 12.5. The summed E-state index contributed by atoms with van der Waals surface area (Å²) in [7, 11) is 1.23. The van der Waals surface area contributed by atoms with Crippen molar-refractivity contribution in [3.63, 3.8) is 0 Å². The summed E-state index contributed by atoms with van der Waals surface area (Å²) in [6.07, 6.45) is 3.79. The number of carboxylic acid groups (broad SMARTS) is 1. The van der Waals surface area contributed by atoms with Gasteiger partial charge in [-0.05, 0) is 38.6 Å². The lowest BCUT2D eigenvalue weighted by Gasteiger charge is -2.47. The summed E-state index contributed by atoms with van der Waals surface area (Å²) in [6, 6.07) is -1.36. The van der Waals surface area contributed by atoms with E-state index in [1.165, 1.54) is 20.1 Å². The molecule has 10 N–H and O–H groups in total. The number of aliphatic hydroxyl groups excluding tert-OH is 9. The third kappa shape index (κ3) is 18.7. The molecule has 0 aliphatic carbocycles. The smallest absolute Gasteiger partial charge is 0.311 e. The lowest BCUT2D eigenvalue weighted by Crippen LogP contribution is -2.58. The van der Waals surface area contributed by atoms with Crippen LogP contribution in [0.15, 0.2) is 90.2 Å². The van der Waals surface area contributed by atoms with Crippen molar-refractivity contribution in [2.75, 3.05) is 7.11 Å². The van der Waals surface area contributed by atoms with Gasteiger partial charge in [0, 0.05) is 49.5 Å². The van der Waals surface area contributed by atoms with E-state index in [0.717, 1.165) is 0 Å². The first-order valence-corrected chi connectivity index (χ1v) is 23.0. The molecule has 20 heteroatoms. The Morgan fingerprint density at radius 2 is 1.29 bits per heavy atom. The van der Waals surface area contributed by atoms with Crippen LogP contribution in [-0.4, -0.2) is 168 Å². The van der Waals surface area contributed by atoms with Gasteiger partial charge in [0.15, 0.2) is 12.1 Å². The van der Waals surface area contributed by atoms with E-state index in [1.54, 1.807) is 86.8 Å². The fourth-order valence-electron chi connectivity index (χ4n) is 8.30. The number of azide groups is 1. The van der Waals surface area contributed by atoms with Gasteiger partial charge < -0.3 is 74.7 Å². The van der Waals surface area contributed by atoms with E-state index in [9.17, 15) is 60.7 Å². The average molecular weight is 964 g/mol. The van der Waals surface area contributed by atoms with Crippen molar-refractivity contribution in [1.82, 2.24) is 0 Å². The quantitative estimate of drug-likeness (QED) is 0.0819. The number of nitrogens with zero attached hydrogens (tertiary/aromatic N) is 3. The Labute approximate surface area is 397 Å². The van der Waals surface area contributed by atoms with Gasteiger partial charge in [-0.2, -0.15) is 0 Å². The zero-order valence-corrected chi connectivity index (χ0v) is 39.3. The van der Waals surface area contributed by atoms with Crippen molar-refractivity contribution in [3.05, 3.63) is 95.5 Å². The fraction of sp³-hybridized carbons (Fsp3) is 0.667. The number of carbonyl (C=O) groups excluding carboxylic acids is 1. The van der Waals surface area contributed by atoms with Crippen LogP contribution in [0.25, 0.3) is 10.4 Å². The number of hydrogen-bond acceptors (Lipinski definition) is 17. The number of hydrogen-bond donors (Lipinski definition) is 10. The fourth-order valence-corrected chi connectivity index (χ4v) is 8.30. The Balaban J connectivity index is 1.92. The minimum absolute atomic E-state index is 0.0949. The number of esters is 1. The molecule has 0 saturated carbocycles. The topological polar surface area (TPSA) is 331 Å². The summed E-state index contributed by atoms with van der Waals surface area (Å²) in [5, 5.41) is 112. The van der Waals surface area contributed by atoms with Crippen LogP contribution in [0.3, 0.4) is 0 Å². The van der Waals surface area contributed by atoms with Crippen molar-refractivity contribution >= 4 is 11.9 Å². The number of carboxylic acids is 1. The van der Waals surface area contributed by atoms with Crippen LogP contribution >= 0.6 is 0 Å². The molecule has 19 atom stereocenters. The lowest BCUT2D eigenvalue weighted by atomic mass is 9.82. The van der Waals surface area contributed by atoms with Gasteiger partial charge in [-0.25, -0.2) is 0 Å². The van der Waals surface area contributed by atoms with E-state index < -0.39 is 147 Å². The molecule has 0 amide bonds. The van der Waals surface area contributed by atoms with E-state index in [-0.39, 0.29) is 31.6 Å². The summed E-state index contributed by atoms with van der Waals surface area (Å²) in [4.78, 5) is 28.0. The maximum Gasteiger partial charge on any atom is 0.311 e. The van der Waals surface area contributed by atoms with Gasteiger partial charge in [0.25, 0.3) is 0 Å². The number of carbonyl (C=O) groups is 2. The minimum atomic E-state index is -1.82. The molecule has 3 rings (SSSR count). The van der Waals surface area contributed by atoms with Crippen LogP contribution in [0, 0.1) is 17.8 Å². The van der Waals surface area contributed by atoms with Crippen LogP contribution in [0.4, 0.5) is 0 Å². The van der Waals surface area contributed by atoms with Crippen LogP contribution < -0.4 is 0 Å². The third-order valence-corrected chi connectivity index (χ3v) is 12.5. The molecule has 0 spiro atoms. The number of aliphatic hydroxyl groups is 9. The van der Waals surface area contributed by atoms with E-state index in [1.807, 2.05) is 13.0 Å². The molecule has 3 aliphatic rings. The maximum absolute atomic E-state index is 12.7. The highest BCUT2D eigenvalue weighted by Crippen LogP contribution is 2.40. The number of cyclic esters (lactones) is 1. The summed E-state index contributed by atoms with van der Waals surface area (Å²) in [6.45, 7) is 6.70. The zero-order valence-electron chi connectivity index (χ0n) is 39.3. The second-order valence-corrected chi connectivity index (χ2v) is 17.9. The highest BCUT2D eigenvalue weighted by molar-refractivity contribution is 5.71. The normalized spacial score (nSPS) is 43.8. The molecule has 2 fully saturated rings.